The van der Waals surface area contributed by atoms with Crippen molar-refractivity contribution in [3.8, 4) is 0 Å². The van der Waals surface area contributed by atoms with E-state index in [2.05, 4.69) is 5.32 Å². The van der Waals surface area contributed by atoms with Gasteiger partial charge in [-0.2, -0.15) is 0 Å². The van der Waals surface area contributed by atoms with Gasteiger partial charge >= 0.3 is 5.97 Å². The van der Waals surface area contributed by atoms with E-state index in [0.717, 1.165) is 11.3 Å². The summed E-state index contributed by atoms with van der Waals surface area (Å²) in [5.74, 6) is -3.33. The lowest BCUT2D eigenvalue weighted by Gasteiger charge is -2.33. The number of carbonyl (C=O) groups is 4. The molecule has 0 spiro atoms. The highest BCUT2D eigenvalue weighted by molar-refractivity contribution is 6.04. The number of rotatable bonds is 11. The number of amides is 2. The van der Waals surface area contributed by atoms with Crippen LogP contribution in [-0.4, -0.2) is 64.3 Å². The predicted molar refractivity (Wildman–Crippen MR) is 129 cm³/mol. The lowest BCUT2D eigenvalue weighted by Crippen LogP contribution is -2.59. The van der Waals surface area contributed by atoms with Crippen LogP contribution in [0.25, 0.3) is 0 Å². The maximum absolute atomic E-state index is 13.4. The van der Waals surface area contributed by atoms with Crippen LogP contribution in [0.15, 0.2) is 24.3 Å². The molecular weight excluding hydrogens is 436 g/mol. The lowest BCUT2D eigenvalue weighted by atomic mass is 9.90. The number of carboxylic acid groups (broad SMARTS) is 1. The molecule has 1 fully saturated rings. The minimum atomic E-state index is -1.51. The molecule has 0 aliphatic carbocycles. The van der Waals surface area contributed by atoms with Crippen LogP contribution in [0.2, 0.25) is 0 Å². The Bertz CT molecular complexity index is 897. The monoisotopic (exact) mass is 474 g/mol. The van der Waals surface area contributed by atoms with Crippen molar-refractivity contribution in [1.29, 1.82) is 0 Å². The van der Waals surface area contributed by atoms with E-state index in [1.807, 2.05) is 20.8 Å². The number of nitrogens with zero attached hydrogens (tertiary/aromatic N) is 1. The second-order valence-electron chi connectivity index (χ2n) is 9.46. The minimum absolute atomic E-state index is 0.113. The van der Waals surface area contributed by atoms with Crippen LogP contribution in [0.1, 0.15) is 62.9 Å². The summed E-state index contributed by atoms with van der Waals surface area (Å²) >= 11 is 0. The normalized spacial score (nSPS) is 19.3. The van der Waals surface area contributed by atoms with Gasteiger partial charge in [-0.05, 0) is 36.8 Å². The van der Waals surface area contributed by atoms with E-state index in [4.69, 9.17) is 11.5 Å². The Morgan fingerprint density at radius 3 is 2.29 bits per heavy atom. The molecule has 2 rings (SSSR count). The maximum atomic E-state index is 13.4. The Morgan fingerprint density at radius 2 is 1.76 bits per heavy atom. The van der Waals surface area contributed by atoms with Crippen LogP contribution in [-0.2, 0) is 20.8 Å². The highest BCUT2D eigenvalue weighted by atomic mass is 16.4. The zero-order chi connectivity index (χ0) is 25.6. The van der Waals surface area contributed by atoms with Gasteiger partial charge in [-0.15, -0.1) is 0 Å². The van der Waals surface area contributed by atoms with Gasteiger partial charge in [0.15, 0.2) is 5.78 Å². The first-order chi connectivity index (χ1) is 16.0. The van der Waals surface area contributed by atoms with Crippen LogP contribution in [0, 0.1) is 11.8 Å². The average Bonchev–Trinajstić information content (AvgIpc) is 3.36. The Kier molecular flexibility index (Phi) is 9.90. The molecule has 1 aromatic carbocycles. The van der Waals surface area contributed by atoms with Gasteiger partial charge in [-0.3, -0.25) is 19.3 Å². The van der Waals surface area contributed by atoms with Gasteiger partial charge in [0.2, 0.25) is 11.8 Å². The van der Waals surface area contributed by atoms with Crippen LogP contribution < -0.4 is 16.8 Å². The van der Waals surface area contributed by atoms with Crippen LogP contribution in [0.5, 0.6) is 0 Å². The van der Waals surface area contributed by atoms with Gasteiger partial charge in [-0.1, -0.05) is 58.4 Å². The van der Waals surface area contributed by atoms with Crippen molar-refractivity contribution in [3.05, 3.63) is 35.4 Å². The fraction of sp³-hybridized carbons (Fsp3) is 0.600. The topological polar surface area (TPSA) is 156 Å². The van der Waals surface area contributed by atoms with Crippen molar-refractivity contribution in [1.82, 2.24) is 10.2 Å². The molecule has 0 bridgehead atoms. The van der Waals surface area contributed by atoms with Crippen molar-refractivity contribution in [2.24, 2.45) is 23.3 Å². The number of aliphatic carboxylic acids is 1. The number of ketones is 1. The van der Waals surface area contributed by atoms with Gasteiger partial charge < -0.3 is 21.9 Å². The SMILES string of the molecule is CCC(C)C(N)C(=O)N(C(=O)C1CCCN1)C(Cc1ccccc1C(=O)C(N)C(C)C)C(=O)O. The van der Waals surface area contributed by atoms with Crippen LogP contribution >= 0.6 is 0 Å². The predicted octanol–water partition coefficient (Wildman–Crippen LogP) is 1.33. The summed E-state index contributed by atoms with van der Waals surface area (Å²) in [4.78, 5) is 53.0. The van der Waals surface area contributed by atoms with Crippen LogP contribution in [0.4, 0.5) is 0 Å². The van der Waals surface area contributed by atoms with E-state index < -0.39 is 42.0 Å². The van der Waals surface area contributed by atoms with Crippen LogP contribution in [0.3, 0.4) is 0 Å². The summed E-state index contributed by atoms with van der Waals surface area (Å²) in [7, 11) is 0. The van der Waals surface area contributed by atoms with E-state index >= 15 is 0 Å². The molecule has 5 atom stereocenters. The third-order valence-electron chi connectivity index (χ3n) is 6.69. The minimum Gasteiger partial charge on any atom is -0.480 e. The lowest BCUT2D eigenvalue weighted by molar-refractivity contribution is -0.159. The second kappa shape index (κ2) is 12.2. The number of Topliss-reactive ketones (excluding diaryl/α,β-unsaturated/α-hetero) is 1. The molecule has 5 unspecified atom stereocenters. The molecule has 2 amide bonds. The molecule has 34 heavy (non-hydrogen) atoms. The zero-order valence-corrected chi connectivity index (χ0v) is 20.5. The number of hydrogen-bond acceptors (Lipinski definition) is 7. The Labute approximate surface area is 201 Å². The quantitative estimate of drug-likeness (QED) is 0.350. The second-order valence-corrected chi connectivity index (χ2v) is 9.46. The van der Waals surface area contributed by atoms with Crippen molar-refractivity contribution >= 4 is 23.6 Å². The molecule has 9 heteroatoms. The molecule has 1 heterocycles. The van der Waals surface area contributed by atoms with E-state index in [9.17, 15) is 24.3 Å². The van der Waals surface area contributed by atoms with Gasteiger partial charge in [0.1, 0.15) is 6.04 Å². The molecular formula is C25H38N4O5. The van der Waals surface area contributed by atoms with Gasteiger partial charge in [-0.25, -0.2) is 4.79 Å². The van der Waals surface area contributed by atoms with Gasteiger partial charge in [0, 0.05) is 12.0 Å². The average molecular weight is 475 g/mol. The Balaban J connectivity index is 2.49. The van der Waals surface area contributed by atoms with E-state index in [-0.39, 0.29) is 24.0 Å². The number of nitrogens with two attached hydrogens (primary N) is 2. The Hall–Kier alpha value is -2.62. The van der Waals surface area contributed by atoms with Crippen molar-refractivity contribution in [2.75, 3.05) is 6.54 Å². The summed E-state index contributed by atoms with van der Waals surface area (Å²) in [6.45, 7) is 7.93. The standard InChI is InChI=1S/C25H38N4O5/c1-5-15(4)21(27)24(32)29(23(31)18-11-8-12-28-18)19(25(33)34)13-16-9-6-7-10-17(16)22(30)20(26)14(2)3/h6-7,9-10,14-15,18-21,28H,5,8,11-13,26-27H2,1-4H3,(H,33,34). The molecule has 1 aliphatic heterocycles. The molecule has 6 N–H and O–H groups in total. The van der Waals surface area contributed by atoms with Crippen molar-refractivity contribution in [2.45, 2.75) is 77.5 Å². The van der Waals surface area contributed by atoms with E-state index in [0.29, 0.717) is 30.5 Å². The molecule has 1 aliphatic rings. The third kappa shape index (κ3) is 6.28. The number of benzene rings is 1. The summed E-state index contributed by atoms with van der Waals surface area (Å²) in [5.41, 5.74) is 12.9. The molecule has 0 radical (unpaired) electrons. The smallest absolute Gasteiger partial charge is 0.327 e. The molecule has 188 valence electrons. The number of carboxylic acids is 1. The number of nitrogens with one attached hydrogen (secondary N) is 1. The van der Waals surface area contributed by atoms with Crippen molar-refractivity contribution < 1.29 is 24.3 Å². The number of carbonyl (C=O) groups excluding carboxylic acids is 3. The fourth-order valence-electron chi connectivity index (χ4n) is 4.06. The van der Waals surface area contributed by atoms with E-state index in [1.165, 1.54) is 0 Å². The fourth-order valence-corrected chi connectivity index (χ4v) is 4.06. The third-order valence-corrected chi connectivity index (χ3v) is 6.69. The van der Waals surface area contributed by atoms with E-state index in [1.54, 1.807) is 31.2 Å². The summed E-state index contributed by atoms with van der Waals surface area (Å²) < 4.78 is 0. The van der Waals surface area contributed by atoms with Crippen molar-refractivity contribution in [3.63, 3.8) is 0 Å². The molecule has 1 saturated heterocycles. The highest BCUT2D eigenvalue weighted by Crippen LogP contribution is 2.22. The summed E-state index contributed by atoms with van der Waals surface area (Å²) in [5, 5.41) is 13.2. The first-order valence-corrected chi connectivity index (χ1v) is 12.0. The summed E-state index contributed by atoms with van der Waals surface area (Å²) in [6.07, 6.45) is 1.63. The number of hydrogen-bond donors (Lipinski definition) is 4. The largest absolute Gasteiger partial charge is 0.480 e. The first-order valence-electron chi connectivity index (χ1n) is 12.0. The molecule has 0 aromatic heterocycles. The molecule has 0 saturated carbocycles. The first kappa shape index (κ1) is 27.6. The molecule has 9 nitrogen and oxygen atoms in total. The molecule has 1 aromatic rings. The highest BCUT2D eigenvalue weighted by Gasteiger charge is 2.42. The summed E-state index contributed by atoms with van der Waals surface area (Å²) in [6, 6.07) is 2.64. The maximum Gasteiger partial charge on any atom is 0.327 e. The Morgan fingerprint density at radius 1 is 1.12 bits per heavy atom. The number of imide groups is 1. The van der Waals surface area contributed by atoms with Gasteiger partial charge in [0.25, 0.3) is 0 Å². The van der Waals surface area contributed by atoms with Gasteiger partial charge in [0.05, 0.1) is 18.1 Å². The zero-order valence-electron chi connectivity index (χ0n) is 20.5.